The summed E-state index contributed by atoms with van der Waals surface area (Å²) in [6.07, 6.45) is 2.62. The summed E-state index contributed by atoms with van der Waals surface area (Å²) in [7, 11) is 0. The predicted molar refractivity (Wildman–Crippen MR) is 130 cm³/mol. The molecule has 1 aliphatic carbocycles. The van der Waals surface area contributed by atoms with Gasteiger partial charge in [0.05, 0.1) is 12.0 Å². The number of hydrogen-bond acceptors (Lipinski definition) is 7. The molecule has 3 aromatic rings. The van der Waals surface area contributed by atoms with Crippen molar-refractivity contribution < 1.29 is 28.8 Å². The maximum Gasteiger partial charge on any atom is 0.306 e. The monoisotopic (exact) mass is 492 g/mol. The van der Waals surface area contributed by atoms with Crippen molar-refractivity contribution in [3.8, 4) is 17.1 Å². The molecular weight excluding hydrogens is 464 g/mol. The SMILES string of the molecule is Cc1nc(-c2ccc(C(=O)NCCNC(=O)c3ccc(OC4CCC(C(=O)O)CC4)cc3)cc2)no1. The number of carbonyl (C=O) groups excluding carboxylic acids is 2. The Kier molecular flexibility index (Phi) is 7.94. The third-order valence-corrected chi connectivity index (χ3v) is 6.07. The van der Waals surface area contributed by atoms with E-state index in [1.807, 2.05) is 0 Å². The predicted octanol–water partition coefficient (Wildman–Crippen LogP) is 3.23. The molecule has 36 heavy (non-hydrogen) atoms. The summed E-state index contributed by atoms with van der Waals surface area (Å²) in [5, 5.41) is 18.5. The van der Waals surface area contributed by atoms with E-state index in [9.17, 15) is 14.4 Å². The highest BCUT2D eigenvalue weighted by atomic mass is 16.5. The smallest absolute Gasteiger partial charge is 0.306 e. The lowest BCUT2D eigenvalue weighted by Gasteiger charge is -2.26. The topological polar surface area (TPSA) is 144 Å². The summed E-state index contributed by atoms with van der Waals surface area (Å²) in [6, 6.07) is 13.7. The van der Waals surface area contributed by atoms with Crippen LogP contribution in [0.1, 0.15) is 52.3 Å². The number of amides is 2. The van der Waals surface area contributed by atoms with Gasteiger partial charge in [-0.2, -0.15) is 4.98 Å². The van der Waals surface area contributed by atoms with Gasteiger partial charge in [0.25, 0.3) is 11.8 Å². The third-order valence-electron chi connectivity index (χ3n) is 6.07. The van der Waals surface area contributed by atoms with E-state index in [0.29, 0.717) is 54.3 Å². The molecule has 0 radical (unpaired) electrons. The van der Waals surface area contributed by atoms with Crippen LogP contribution in [-0.4, -0.2) is 52.2 Å². The summed E-state index contributed by atoms with van der Waals surface area (Å²) in [4.78, 5) is 40.0. The average Bonchev–Trinajstić information content (AvgIpc) is 3.33. The number of hydrogen-bond donors (Lipinski definition) is 3. The Labute approximate surface area is 208 Å². The second kappa shape index (κ2) is 11.5. The maximum atomic E-state index is 12.4. The van der Waals surface area contributed by atoms with Crippen LogP contribution in [-0.2, 0) is 4.79 Å². The van der Waals surface area contributed by atoms with E-state index in [1.54, 1.807) is 55.5 Å². The van der Waals surface area contributed by atoms with Gasteiger partial charge in [0.15, 0.2) is 0 Å². The van der Waals surface area contributed by atoms with Crippen LogP contribution in [0.15, 0.2) is 53.1 Å². The van der Waals surface area contributed by atoms with Gasteiger partial charge >= 0.3 is 5.97 Å². The molecule has 0 bridgehead atoms. The van der Waals surface area contributed by atoms with Gasteiger partial charge < -0.3 is 25.0 Å². The van der Waals surface area contributed by atoms with Gasteiger partial charge in [-0.15, -0.1) is 0 Å². The van der Waals surface area contributed by atoms with Crippen molar-refractivity contribution in [1.29, 1.82) is 0 Å². The number of carboxylic acids is 1. The third kappa shape index (κ3) is 6.47. The van der Waals surface area contributed by atoms with E-state index in [0.717, 1.165) is 5.56 Å². The zero-order chi connectivity index (χ0) is 25.5. The molecule has 1 fully saturated rings. The number of benzene rings is 2. The minimum absolute atomic E-state index is 0.0109. The molecule has 4 rings (SSSR count). The number of ether oxygens (including phenoxy) is 1. The quantitative estimate of drug-likeness (QED) is 0.386. The van der Waals surface area contributed by atoms with Gasteiger partial charge in [-0.25, -0.2) is 0 Å². The molecule has 1 aliphatic rings. The van der Waals surface area contributed by atoms with Gasteiger partial charge in [-0.05, 0) is 62.1 Å². The normalized spacial score (nSPS) is 17.2. The van der Waals surface area contributed by atoms with Crippen molar-refractivity contribution in [3.63, 3.8) is 0 Å². The Balaban J connectivity index is 1.17. The molecule has 10 heteroatoms. The first-order valence-corrected chi connectivity index (χ1v) is 11.9. The molecule has 2 aromatic carbocycles. The van der Waals surface area contributed by atoms with Gasteiger partial charge in [-0.1, -0.05) is 17.3 Å². The largest absolute Gasteiger partial charge is 0.490 e. The van der Waals surface area contributed by atoms with Crippen molar-refractivity contribution in [2.75, 3.05) is 13.1 Å². The fourth-order valence-corrected chi connectivity index (χ4v) is 4.05. The number of carboxylic acid groups (broad SMARTS) is 1. The maximum absolute atomic E-state index is 12.4. The van der Waals surface area contributed by atoms with E-state index < -0.39 is 5.97 Å². The molecule has 1 aromatic heterocycles. The van der Waals surface area contributed by atoms with Gasteiger partial charge in [0.1, 0.15) is 5.75 Å². The van der Waals surface area contributed by atoms with E-state index >= 15 is 0 Å². The molecule has 0 atom stereocenters. The number of aryl methyl sites for hydroxylation is 1. The van der Waals surface area contributed by atoms with Crippen molar-refractivity contribution in [2.45, 2.75) is 38.7 Å². The fraction of sp³-hybridized carbons (Fsp3) is 0.346. The molecule has 3 N–H and O–H groups in total. The van der Waals surface area contributed by atoms with E-state index in [-0.39, 0.29) is 36.9 Å². The highest BCUT2D eigenvalue weighted by molar-refractivity contribution is 5.95. The fourth-order valence-electron chi connectivity index (χ4n) is 4.05. The molecule has 0 spiro atoms. The van der Waals surface area contributed by atoms with E-state index in [2.05, 4.69) is 20.8 Å². The molecule has 0 aliphatic heterocycles. The molecule has 10 nitrogen and oxygen atoms in total. The lowest BCUT2D eigenvalue weighted by molar-refractivity contribution is -0.143. The minimum Gasteiger partial charge on any atom is -0.490 e. The molecule has 2 amide bonds. The molecule has 188 valence electrons. The van der Waals surface area contributed by atoms with Crippen LogP contribution in [0.3, 0.4) is 0 Å². The molecule has 1 saturated carbocycles. The zero-order valence-corrected chi connectivity index (χ0v) is 19.9. The Bertz CT molecular complexity index is 1200. The van der Waals surface area contributed by atoms with Crippen LogP contribution in [0.25, 0.3) is 11.4 Å². The molecule has 0 saturated heterocycles. The first kappa shape index (κ1) is 24.9. The molecule has 0 unspecified atom stereocenters. The summed E-state index contributed by atoms with van der Waals surface area (Å²) in [6.45, 7) is 2.26. The van der Waals surface area contributed by atoms with Crippen molar-refractivity contribution in [2.24, 2.45) is 5.92 Å². The number of aliphatic carboxylic acids is 1. The number of nitrogens with zero attached hydrogens (tertiary/aromatic N) is 2. The van der Waals surface area contributed by atoms with Crippen molar-refractivity contribution in [1.82, 2.24) is 20.8 Å². The van der Waals surface area contributed by atoms with Crippen LogP contribution >= 0.6 is 0 Å². The summed E-state index contributed by atoms with van der Waals surface area (Å²) in [5.74, 6) is 0.0523. The molecular formula is C26H28N4O6. The number of aromatic nitrogens is 2. The van der Waals surface area contributed by atoms with Crippen LogP contribution in [0.5, 0.6) is 5.75 Å². The lowest BCUT2D eigenvalue weighted by atomic mass is 9.87. The Hall–Kier alpha value is -4.21. The van der Waals surface area contributed by atoms with Crippen LogP contribution in [0.4, 0.5) is 0 Å². The number of nitrogens with one attached hydrogen (secondary N) is 2. The standard InChI is InChI=1S/C26H28N4O6/c1-16-29-23(30-36-16)17-2-4-18(5-3-17)24(31)27-14-15-28-25(32)19-6-10-21(11-7-19)35-22-12-8-20(9-13-22)26(33)34/h2-7,10-11,20,22H,8-9,12-15H2,1H3,(H,27,31)(H,28,32)(H,33,34). The Morgan fingerprint density at radius 3 is 1.97 bits per heavy atom. The summed E-state index contributed by atoms with van der Waals surface area (Å²) in [5.41, 5.74) is 1.71. The van der Waals surface area contributed by atoms with Crippen LogP contribution in [0, 0.1) is 12.8 Å². The summed E-state index contributed by atoms with van der Waals surface area (Å²) >= 11 is 0. The van der Waals surface area contributed by atoms with Crippen molar-refractivity contribution >= 4 is 17.8 Å². The lowest BCUT2D eigenvalue weighted by Crippen LogP contribution is -2.34. The average molecular weight is 493 g/mol. The van der Waals surface area contributed by atoms with Gasteiger partial charge in [0, 0.05) is 36.7 Å². The highest BCUT2D eigenvalue weighted by Gasteiger charge is 2.26. The van der Waals surface area contributed by atoms with E-state index in [4.69, 9.17) is 14.4 Å². The first-order chi connectivity index (χ1) is 17.4. The second-order valence-corrected chi connectivity index (χ2v) is 8.68. The van der Waals surface area contributed by atoms with Crippen LogP contribution in [0.2, 0.25) is 0 Å². The van der Waals surface area contributed by atoms with Crippen molar-refractivity contribution in [3.05, 3.63) is 65.5 Å². The van der Waals surface area contributed by atoms with Gasteiger partial charge in [0.2, 0.25) is 11.7 Å². The number of carbonyl (C=O) groups is 3. The number of rotatable bonds is 9. The highest BCUT2D eigenvalue weighted by Crippen LogP contribution is 2.28. The summed E-state index contributed by atoms with van der Waals surface area (Å²) < 4.78 is 10.9. The Morgan fingerprint density at radius 1 is 0.917 bits per heavy atom. The Morgan fingerprint density at radius 2 is 1.47 bits per heavy atom. The molecule has 1 heterocycles. The first-order valence-electron chi connectivity index (χ1n) is 11.9. The van der Waals surface area contributed by atoms with E-state index in [1.165, 1.54) is 0 Å². The zero-order valence-electron chi connectivity index (χ0n) is 19.9. The second-order valence-electron chi connectivity index (χ2n) is 8.68. The van der Waals surface area contributed by atoms with Crippen LogP contribution < -0.4 is 15.4 Å². The minimum atomic E-state index is -0.742. The van der Waals surface area contributed by atoms with Gasteiger partial charge in [-0.3, -0.25) is 14.4 Å².